The van der Waals surface area contributed by atoms with E-state index in [4.69, 9.17) is 5.11 Å². The number of rotatable bonds is 11. The van der Waals surface area contributed by atoms with Crippen LogP contribution in [-0.4, -0.2) is 57.2 Å². The molecule has 5 nitrogen and oxygen atoms in total. The van der Waals surface area contributed by atoms with Crippen molar-refractivity contribution in [2.45, 2.75) is 44.2 Å². The van der Waals surface area contributed by atoms with E-state index in [0.717, 1.165) is 23.5 Å². The van der Waals surface area contributed by atoms with Crippen molar-refractivity contribution in [2.24, 2.45) is 0 Å². The number of hydrogen-bond donors (Lipinski definition) is 2. The monoisotopic (exact) mass is 427 g/mol. The SMILES string of the molecule is O=C(O)CCCSCCN1C(=O)CCC1C=CC(O)Cc1ccc2ccccc2c1. The molecule has 160 valence electrons. The third-order valence-corrected chi connectivity index (χ3v) is 6.39. The average Bonchev–Trinajstić information content (AvgIpc) is 3.08. The quantitative estimate of drug-likeness (QED) is 0.420. The fourth-order valence-corrected chi connectivity index (χ4v) is 4.65. The predicted octanol–water partition coefficient (Wildman–Crippen LogP) is 3.89. The Labute approximate surface area is 181 Å². The van der Waals surface area contributed by atoms with Gasteiger partial charge in [0.25, 0.3) is 0 Å². The highest BCUT2D eigenvalue weighted by atomic mass is 32.2. The molecule has 0 spiro atoms. The molecule has 1 fully saturated rings. The molecule has 1 amide bonds. The number of aliphatic hydroxyl groups is 1. The van der Waals surface area contributed by atoms with Crippen molar-refractivity contribution >= 4 is 34.4 Å². The first-order valence-corrected chi connectivity index (χ1v) is 11.6. The Morgan fingerprint density at radius 3 is 2.80 bits per heavy atom. The summed E-state index contributed by atoms with van der Waals surface area (Å²) in [5, 5.41) is 21.5. The van der Waals surface area contributed by atoms with E-state index in [9.17, 15) is 14.7 Å². The molecule has 6 heteroatoms. The van der Waals surface area contributed by atoms with Crippen LogP contribution in [0, 0.1) is 0 Å². The lowest BCUT2D eigenvalue weighted by atomic mass is 10.0. The number of aliphatic hydroxyl groups excluding tert-OH is 1. The van der Waals surface area contributed by atoms with Gasteiger partial charge < -0.3 is 15.1 Å². The van der Waals surface area contributed by atoms with E-state index in [2.05, 4.69) is 24.3 Å². The molecule has 1 aliphatic rings. The van der Waals surface area contributed by atoms with E-state index in [1.807, 2.05) is 35.3 Å². The molecule has 2 aromatic rings. The highest BCUT2D eigenvalue weighted by molar-refractivity contribution is 7.99. The van der Waals surface area contributed by atoms with Crippen LogP contribution in [0.1, 0.15) is 31.2 Å². The first-order valence-electron chi connectivity index (χ1n) is 10.5. The summed E-state index contributed by atoms with van der Waals surface area (Å²) in [4.78, 5) is 24.6. The molecule has 0 aliphatic carbocycles. The lowest BCUT2D eigenvalue weighted by Gasteiger charge is -2.22. The summed E-state index contributed by atoms with van der Waals surface area (Å²) in [7, 11) is 0. The van der Waals surface area contributed by atoms with Crippen molar-refractivity contribution in [3.8, 4) is 0 Å². The zero-order valence-electron chi connectivity index (χ0n) is 17.1. The molecule has 0 radical (unpaired) electrons. The van der Waals surface area contributed by atoms with Gasteiger partial charge in [0, 0.05) is 31.6 Å². The zero-order chi connectivity index (χ0) is 21.3. The molecule has 0 aromatic heterocycles. The van der Waals surface area contributed by atoms with Crippen LogP contribution < -0.4 is 0 Å². The summed E-state index contributed by atoms with van der Waals surface area (Å²) in [5.74, 6) is 0.979. The molecule has 2 atom stereocenters. The molecule has 30 heavy (non-hydrogen) atoms. The Hall–Kier alpha value is -2.31. The van der Waals surface area contributed by atoms with Crippen LogP contribution in [0.4, 0.5) is 0 Å². The van der Waals surface area contributed by atoms with E-state index in [1.54, 1.807) is 11.8 Å². The third-order valence-electron chi connectivity index (χ3n) is 5.34. The Kier molecular flexibility index (Phi) is 8.34. The number of carboxylic acid groups (broad SMARTS) is 1. The number of carbonyl (C=O) groups is 2. The number of carbonyl (C=O) groups excluding carboxylic acids is 1. The highest BCUT2D eigenvalue weighted by Crippen LogP contribution is 2.22. The lowest BCUT2D eigenvalue weighted by Crippen LogP contribution is -2.34. The molecule has 0 bridgehead atoms. The van der Waals surface area contributed by atoms with Crippen LogP contribution in [0.2, 0.25) is 0 Å². The second-order valence-corrected chi connectivity index (χ2v) is 8.87. The van der Waals surface area contributed by atoms with Gasteiger partial charge in [-0.1, -0.05) is 54.6 Å². The maximum atomic E-state index is 12.2. The van der Waals surface area contributed by atoms with E-state index in [0.29, 0.717) is 25.8 Å². The van der Waals surface area contributed by atoms with Crippen LogP contribution >= 0.6 is 11.8 Å². The molecule has 2 N–H and O–H groups in total. The van der Waals surface area contributed by atoms with E-state index in [-0.39, 0.29) is 18.4 Å². The number of amides is 1. The van der Waals surface area contributed by atoms with Crippen molar-refractivity contribution < 1.29 is 19.8 Å². The summed E-state index contributed by atoms with van der Waals surface area (Å²) in [5.41, 5.74) is 1.09. The minimum Gasteiger partial charge on any atom is -0.481 e. The molecule has 0 saturated carbocycles. The zero-order valence-corrected chi connectivity index (χ0v) is 17.9. The Morgan fingerprint density at radius 1 is 1.20 bits per heavy atom. The molecule has 2 aromatic carbocycles. The van der Waals surface area contributed by atoms with E-state index in [1.165, 1.54) is 10.8 Å². The van der Waals surface area contributed by atoms with Crippen LogP contribution in [-0.2, 0) is 16.0 Å². The number of hydrogen-bond acceptors (Lipinski definition) is 4. The lowest BCUT2D eigenvalue weighted by molar-refractivity contribution is -0.137. The molecule has 1 saturated heterocycles. The number of carboxylic acids is 1. The van der Waals surface area contributed by atoms with Gasteiger partial charge in [0.15, 0.2) is 0 Å². The van der Waals surface area contributed by atoms with E-state index >= 15 is 0 Å². The minimum absolute atomic E-state index is 0.0309. The largest absolute Gasteiger partial charge is 0.481 e. The molecule has 3 rings (SSSR count). The van der Waals surface area contributed by atoms with Gasteiger partial charge in [0.2, 0.25) is 5.91 Å². The maximum Gasteiger partial charge on any atom is 0.303 e. The van der Waals surface area contributed by atoms with Crippen molar-refractivity contribution in [3.05, 3.63) is 60.2 Å². The van der Waals surface area contributed by atoms with Crippen molar-refractivity contribution in [3.63, 3.8) is 0 Å². The first-order chi connectivity index (χ1) is 14.5. The number of benzene rings is 2. The second kappa shape index (κ2) is 11.2. The van der Waals surface area contributed by atoms with Gasteiger partial charge in [-0.2, -0.15) is 11.8 Å². The van der Waals surface area contributed by atoms with Gasteiger partial charge in [-0.15, -0.1) is 0 Å². The van der Waals surface area contributed by atoms with E-state index < -0.39 is 12.1 Å². The number of fused-ring (bicyclic) bond motifs is 1. The Bertz CT molecular complexity index is 898. The van der Waals surface area contributed by atoms with Gasteiger partial charge in [-0.05, 0) is 34.9 Å². The van der Waals surface area contributed by atoms with Crippen molar-refractivity contribution in [2.75, 3.05) is 18.1 Å². The van der Waals surface area contributed by atoms with Crippen LogP contribution in [0.25, 0.3) is 10.8 Å². The summed E-state index contributed by atoms with van der Waals surface area (Å²) >= 11 is 1.68. The van der Waals surface area contributed by atoms with Crippen LogP contribution in [0.15, 0.2) is 54.6 Å². The number of likely N-dealkylation sites (tertiary alicyclic amines) is 1. The third kappa shape index (κ3) is 6.61. The minimum atomic E-state index is -0.766. The molecule has 1 heterocycles. The summed E-state index contributed by atoms with van der Waals surface area (Å²) in [6.45, 7) is 0.659. The number of aliphatic carboxylic acids is 1. The van der Waals surface area contributed by atoms with Crippen LogP contribution in [0.3, 0.4) is 0 Å². The average molecular weight is 428 g/mol. The molecule has 2 unspecified atom stereocenters. The predicted molar refractivity (Wildman–Crippen MR) is 122 cm³/mol. The first kappa shape index (κ1) is 22.4. The topological polar surface area (TPSA) is 77.8 Å². The fraction of sp³-hybridized carbons (Fsp3) is 0.417. The highest BCUT2D eigenvalue weighted by Gasteiger charge is 2.28. The number of nitrogens with zero attached hydrogens (tertiary/aromatic N) is 1. The smallest absolute Gasteiger partial charge is 0.303 e. The summed E-state index contributed by atoms with van der Waals surface area (Å²) in [6, 6.07) is 14.4. The summed E-state index contributed by atoms with van der Waals surface area (Å²) < 4.78 is 0. The van der Waals surface area contributed by atoms with Gasteiger partial charge in [-0.25, -0.2) is 0 Å². The maximum absolute atomic E-state index is 12.2. The summed E-state index contributed by atoms with van der Waals surface area (Å²) in [6.07, 6.45) is 5.89. The molecule has 1 aliphatic heterocycles. The molecular formula is C24H29NO4S. The van der Waals surface area contributed by atoms with Gasteiger partial charge in [-0.3, -0.25) is 9.59 Å². The number of thioether (sulfide) groups is 1. The van der Waals surface area contributed by atoms with Crippen molar-refractivity contribution in [1.82, 2.24) is 4.90 Å². The van der Waals surface area contributed by atoms with Crippen LogP contribution in [0.5, 0.6) is 0 Å². The van der Waals surface area contributed by atoms with Crippen molar-refractivity contribution in [1.29, 1.82) is 0 Å². The normalized spacial score (nSPS) is 17.8. The van der Waals surface area contributed by atoms with Gasteiger partial charge >= 0.3 is 5.97 Å². The second-order valence-electron chi connectivity index (χ2n) is 7.64. The standard InChI is InChI=1S/C24H29NO4S/c26-22(17-18-7-8-19-4-1-2-5-20(19)16-18)11-9-21-10-12-23(27)25(21)13-15-30-14-3-6-24(28)29/h1-2,4-5,7-9,11,16,21-22,26H,3,6,10,12-15,17H2,(H,28,29). The molecular weight excluding hydrogens is 398 g/mol. The van der Waals surface area contributed by atoms with Gasteiger partial charge in [0.05, 0.1) is 12.1 Å². The Morgan fingerprint density at radius 2 is 2.00 bits per heavy atom. The fourth-order valence-electron chi connectivity index (χ4n) is 3.77. The Balaban J connectivity index is 1.47. The van der Waals surface area contributed by atoms with Gasteiger partial charge in [0.1, 0.15) is 0 Å².